The molecule has 1 aliphatic rings. The molecule has 0 radical (unpaired) electrons. The highest BCUT2D eigenvalue weighted by molar-refractivity contribution is 5.18. The average molecular weight is 273 g/mol. The van der Waals surface area contributed by atoms with Gasteiger partial charge in [-0.3, -0.25) is 0 Å². The van der Waals surface area contributed by atoms with E-state index in [-0.39, 0.29) is 0 Å². The van der Waals surface area contributed by atoms with Crippen molar-refractivity contribution >= 4 is 0 Å². The van der Waals surface area contributed by atoms with Crippen LogP contribution in [-0.2, 0) is 0 Å². The van der Waals surface area contributed by atoms with Crippen LogP contribution in [0, 0.1) is 11.8 Å². The van der Waals surface area contributed by atoms with E-state index in [1.165, 1.54) is 57.1 Å². The molecule has 1 heteroatoms. The van der Waals surface area contributed by atoms with Crippen molar-refractivity contribution in [3.63, 3.8) is 0 Å². The number of hydrogen-bond acceptors (Lipinski definition) is 1. The zero-order chi connectivity index (χ0) is 14.2. The summed E-state index contributed by atoms with van der Waals surface area (Å²) in [6.07, 6.45) is 9.64. The lowest BCUT2D eigenvalue weighted by molar-refractivity contribution is 0.264. The molecule has 0 aromatic heterocycles. The van der Waals surface area contributed by atoms with E-state index in [0.717, 1.165) is 11.8 Å². The van der Waals surface area contributed by atoms with Crippen LogP contribution in [0.4, 0.5) is 0 Å². The predicted octanol–water partition coefficient (Wildman–Crippen LogP) is 5.33. The minimum Gasteiger partial charge on any atom is -0.310 e. The Balaban J connectivity index is 1.77. The smallest absolute Gasteiger partial charge is 0.0320 e. The van der Waals surface area contributed by atoms with Crippen LogP contribution in [-0.4, -0.2) is 6.54 Å². The van der Waals surface area contributed by atoms with Crippen LogP contribution in [0.1, 0.15) is 70.4 Å². The van der Waals surface area contributed by atoms with Crippen LogP contribution >= 0.6 is 0 Å². The lowest BCUT2D eigenvalue weighted by atomic mass is 9.81. The second kappa shape index (κ2) is 8.46. The zero-order valence-electron chi connectivity index (χ0n) is 13.3. The molecule has 1 nitrogen and oxygen atoms in total. The molecular formula is C19H31N. The van der Waals surface area contributed by atoms with Gasteiger partial charge >= 0.3 is 0 Å². The summed E-state index contributed by atoms with van der Waals surface area (Å²) >= 11 is 0. The van der Waals surface area contributed by atoms with Gasteiger partial charge in [0.25, 0.3) is 0 Å². The first-order chi connectivity index (χ1) is 9.79. The summed E-state index contributed by atoms with van der Waals surface area (Å²) in [5.41, 5.74) is 1.45. The molecule has 1 saturated carbocycles. The highest BCUT2D eigenvalue weighted by Gasteiger charge is 2.19. The van der Waals surface area contributed by atoms with Gasteiger partial charge in [-0.25, -0.2) is 0 Å². The van der Waals surface area contributed by atoms with Gasteiger partial charge in [0, 0.05) is 6.04 Å². The van der Waals surface area contributed by atoms with Crippen molar-refractivity contribution in [1.29, 1.82) is 0 Å². The summed E-state index contributed by atoms with van der Waals surface area (Å²) in [6, 6.07) is 11.5. The van der Waals surface area contributed by atoms with Gasteiger partial charge in [-0.05, 0) is 43.2 Å². The molecule has 2 rings (SSSR count). The molecule has 1 aromatic rings. The molecular weight excluding hydrogens is 242 g/mol. The molecule has 1 aromatic carbocycles. The van der Waals surface area contributed by atoms with Crippen LogP contribution < -0.4 is 5.32 Å². The average Bonchev–Trinajstić information content (AvgIpc) is 2.47. The van der Waals surface area contributed by atoms with Crippen molar-refractivity contribution in [2.75, 3.05) is 6.54 Å². The molecule has 0 aliphatic heterocycles. The van der Waals surface area contributed by atoms with Gasteiger partial charge in [0.2, 0.25) is 0 Å². The molecule has 0 spiro atoms. The summed E-state index contributed by atoms with van der Waals surface area (Å²) in [5.74, 6) is 1.92. The normalized spacial score (nSPS) is 24.5. The first kappa shape index (κ1) is 15.6. The number of nitrogens with one attached hydrogen (secondary N) is 1. The SMILES string of the molecule is CCCC(NCCC1CCCC(C)C1)c1ccccc1. The van der Waals surface area contributed by atoms with Crippen molar-refractivity contribution in [2.24, 2.45) is 11.8 Å². The quantitative estimate of drug-likeness (QED) is 0.707. The number of benzene rings is 1. The summed E-state index contributed by atoms with van der Waals surface area (Å²) < 4.78 is 0. The minimum absolute atomic E-state index is 0.544. The van der Waals surface area contributed by atoms with E-state index in [1.54, 1.807) is 0 Å². The van der Waals surface area contributed by atoms with E-state index >= 15 is 0 Å². The zero-order valence-corrected chi connectivity index (χ0v) is 13.3. The maximum Gasteiger partial charge on any atom is 0.0320 e. The van der Waals surface area contributed by atoms with Gasteiger partial charge in [0.15, 0.2) is 0 Å². The minimum atomic E-state index is 0.544. The maximum atomic E-state index is 3.80. The van der Waals surface area contributed by atoms with Crippen LogP contribution in [0.25, 0.3) is 0 Å². The van der Waals surface area contributed by atoms with Crippen LogP contribution in [0.3, 0.4) is 0 Å². The Kier molecular flexibility index (Phi) is 6.59. The van der Waals surface area contributed by atoms with Gasteiger partial charge in [0.05, 0.1) is 0 Å². The van der Waals surface area contributed by atoms with Crippen molar-refractivity contribution in [3.8, 4) is 0 Å². The molecule has 0 amide bonds. The van der Waals surface area contributed by atoms with Crippen molar-refractivity contribution < 1.29 is 0 Å². The van der Waals surface area contributed by atoms with E-state index < -0.39 is 0 Å². The van der Waals surface area contributed by atoms with E-state index in [2.05, 4.69) is 49.5 Å². The Hall–Kier alpha value is -0.820. The Bertz CT molecular complexity index is 359. The molecule has 3 unspecified atom stereocenters. The second-order valence-corrected chi connectivity index (χ2v) is 6.63. The fourth-order valence-corrected chi connectivity index (χ4v) is 3.64. The third kappa shape index (κ3) is 4.94. The van der Waals surface area contributed by atoms with Crippen molar-refractivity contribution in [1.82, 2.24) is 5.32 Å². The molecule has 1 N–H and O–H groups in total. The lowest BCUT2D eigenvalue weighted by Gasteiger charge is -2.27. The topological polar surface area (TPSA) is 12.0 Å². The summed E-state index contributed by atoms with van der Waals surface area (Å²) in [4.78, 5) is 0. The molecule has 0 saturated heterocycles. The maximum absolute atomic E-state index is 3.80. The molecule has 112 valence electrons. The van der Waals surface area contributed by atoms with Crippen LogP contribution in [0.5, 0.6) is 0 Å². The third-order valence-corrected chi connectivity index (χ3v) is 4.77. The fourth-order valence-electron chi connectivity index (χ4n) is 3.64. The van der Waals surface area contributed by atoms with Gasteiger partial charge in [-0.2, -0.15) is 0 Å². The van der Waals surface area contributed by atoms with E-state index in [4.69, 9.17) is 0 Å². The largest absolute Gasteiger partial charge is 0.310 e. The third-order valence-electron chi connectivity index (χ3n) is 4.77. The Labute approximate surface area is 125 Å². The molecule has 1 fully saturated rings. The van der Waals surface area contributed by atoms with Gasteiger partial charge in [0.1, 0.15) is 0 Å². The lowest BCUT2D eigenvalue weighted by Crippen LogP contribution is -2.25. The Morgan fingerprint density at radius 2 is 2.00 bits per heavy atom. The van der Waals surface area contributed by atoms with Crippen molar-refractivity contribution in [3.05, 3.63) is 35.9 Å². The highest BCUT2D eigenvalue weighted by atomic mass is 14.9. The fraction of sp³-hybridized carbons (Fsp3) is 0.684. The van der Waals surface area contributed by atoms with Crippen LogP contribution in [0.2, 0.25) is 0 Å². The molecule has 0 bridgehead atoms. The van der Waals surface area contributed by atoms with Gasteiger partial charge in [-0.1, -0.05) is 69.9 Å². The first-order valence-corrected chi connectivity index (χ1v) is 8.58. The Morgan fingerprint density at radius 1 is 1.20 bits per heavy atom. The van der Waals surface area contributed by atoms with E-state index in [0.29, 0.717) is 6.04 Å². The molecule has 20 heavy (non-hydrogen) atoms. The van der Waals surface area contributed by atoms with Gasteiger partial charge < -0.3 is 5.32 Å². The second-order valence-electron chi connectivity index (χ2n) is 6.63. The standard InChI is InChI=1S/C19H31N/c1-3-8-19(18-11-5-4-6-12-18)20-14-13-17-10-7-9-16(2)15-17/h4-6,11-12,16-17,19-20H,3,7-10,13-15H2,1-2H3. The summed E-state index contributed by atoms with van der Waals surface area (Å²) in [5, 5.41) is 3.80. The van der Waals surface area contributed by atoms with Crippen molar-refractivity contribution in [2.45, 2.75) is 64.8 Å². The Morgan fingerprint density at radius 3 is 2.70 bits per heavy atom. The monoisotopic (exact) mass is 273 g/mol. The molecule has 3 atom stereocenters. The number of hydrogen-bond donors (Lipinski definition) is 1. The first-order valence-electron chi connectivity index (χ1n) is 8.58. The van der Waals surface area contributed by atoms with Gasteiger partial charge in [-0.15, -0.1) is 0 Å². The van der Waals surface area contributed by atoms with Crippen LogP contribution in [0.15, 0.2) is 30.3 Å². The summed E-state index contributed by atoms with van der Waals surface area (Å²) in [7, 11) is 0. The molecule has 1 aliphatic carbocycles. The summed E-state index contributed by atoms with van der Waals surface area (Å²) in [6.45, 7) is 5.88. The highest BCUT2D eigenvalue weighted by Crippen LogP contribution is 2.30. The predicted molar refractivity (Wildman–Crippen MR) is 87.8 cm³/mol. The van der Waals surface area contributed by atoms with E-state index in [9.17, 15) is 0 Å². The number of rotatable bonds is 7. The van der Waals surface area contributed by atoms with E-state index in [1.807, 2.05) is 0 Å². The molecule has 0 heterocycles.